The van der Waals surface area contributed by atoms with E-state index in [1.165, 1.54) is 4.68 Å². The number of alkyl carbamates (subject to hydrolysis) is 1. The van der Waals surface area contributed by atoms with E-state index >= 15 is 0 Å². The number of aromatic nitrogens is 5. The fourth-order valence-corrected chi connectivity index (χ4v) is 8.01. The van der Waals surface area contributed by atoms with Crippen LogP contribution in [0.2, 0.25) is 0 Å². The summed E-state index contributed by atoms with van der Waals surface area (Å²) in [6.45, 7) is 0.107. The Kier molecular flexibility index (Phi) is 8.80. The fraction of sp³-hybridized carbons (Fsp3) is 0.109. The molecule has 1 amide bonds. The molecule has 0 saturated heterocycles. The molecule has 0 spiro atoms. The monoisotopic (exact) mass is 720 g/mol. The van der Waals surface area contributed by atoms with E-state index in [0.29, 0.717) is 16.7 Å². The van der Waals surface area contributed by atoms with Crippen LogP contribution in [0, 0.1) is 0 Å². The Balaban J connectivity index is 1.06. The zero-order valence-electron chi connectivity index (χ0n) is 29.8. The average Bonchev–Trinajstić information content (AvgIpc) is 3.98. The van der Waals surface area contributed by atoms with Crippen LogP contribution in [0.5, 0.6) is 0 Å². The van der Waals surface area contributed by atoms with Gasteiger partial charge in [0, 0.05) is 18.5 Å². The predicted molar refractivity (Wildman–Crippen MR) is 211 cm³/mol. The van der Waals surface area contributed by atoms with Crippen molar-refractivity contribution in [2.24, 2.45) is 0 Å². The number of imidazole rings is 1. The SMILES string of the molecule is O=C(N[C@@H](Cc1cn(C(c2ccccc2)(c2ccccc2)c2ccccc2)cn1)C(=O)n1nnc2ccccc21)OCC1c2ccccc2-c2ccccc21. The van der Waals surface area contributed by atoms with Crippen molar-refractivity contribution in [3.05, 3.63) is 210 Å². The molecule has 55 heavy (non-hydrogen) atoms. The molecule has 0 unspecified atom stereocenters. The van der Waals surface area contributed by atoms with Gasteiger partial charge in [-0.15, -0.1) is 5.10 Å². The minimum Gasteiger partial charge on any atom is -0.449 e. The standard InChI is InChI=1S/C46H36N6O3/c53-44(52-43-27-15-14-26-41(43)49-50-52)42(48-45(54)55-30-40-38-24-12-10-22-36(38)37-23-11-13-25-39(37)40)28-35-29-51(31-47-35)46(32-16-4-1-5-17-32,33-18-6-2-7-19-33)34-20-8-3-9-21-34/h1-27,29,31,40,42H,28,30H2,(H,48,54)/t42-/m0/s1. The molecule has 6 aromatic carbocycles. The van der Waals surface area contributed by atoms with Gasteiger partial charge >= 0.3 is 6.09 Å². The van der Waals surface area contributed by atoms with Crippen LogP contribution in [0.1, 0.15) is 44.2 Å². The first-order valence-corrected chi connectivity index (χ1v) is 18.3. The Bertz CT molecular complexity index is 2480. The minimum absolute atomic E-state index is 0.0681. The molecule has 2 aromatic heterocycles. The van der Waals surface area contributed by atoms with Crippen molar-refractivity contribution in [2.75, 3.05) is 6.61 Å². The summed E-state index contributed by atoms with van der Waals surface area (Å²) in [5.41, 5.74) is 8.47. The van der Waals surface area contributed by atoms with Crippen molar-refractivity contribution in [2.45, 2.75) is 23.9 Å². The van der Waals surface area contributed by atoms with Crippen LogP contribution >= 0.6 is 0 Å². The van der Waals surface area contributed by atoms with Crippen molar-refractivity contribution in [3.63, 3.8) is 0 Å². The molecule has 0 radical (unpaired) electrons. The van der Waals surface area contributed by atoms with Crippen LogP contribution in [0.25, 0.3) is 22.2 Å². The van der Waals surface area contributed by atoms with Crippen LogP contribution in [0.15, 0.2) is 176 Å². The molecule has 0 saturated carbocycles. The van der Waals surface area contributed by atoms with E-state index in [-0.39, 0.29) is 18.9 Å². The van der Waals surface area contributed by atoms with Gasteiger partial charge < -0.3 is 14.6 Å². The number of ether oxygens (including phenoxy) is 1. The van der Waals surface area contributed by atoms with Gasteiger partial charge in [-0.3, -0.25) is 4.79 Å². The number of carbonyl (C=O) groups excluding carboxylic acids is 2. The number of nitrogens with zero attached hydrogens (tertiary/aromatic N) is 5. The highest BCUT2D eigenvalue weighted by atomic mass is 16.5. The minimum atomic E-state index is -1.08. The molecule has 1 atom stereocenters. The Labute approximate surface area is 317 Å². The number of fused-ring (bicyclic) bond motifs is 4. The maximum atomic E-state index is 14.4. The molecule has 2 heterocycles. The lowest BCUT2D eigenvalue weighted by molar-refractivity contribution is 0.0825. The van der Waals surface area contributed by atoms with Gasteiger partial charge in [-0.1, -0.05) is 157 Å². The van der Waals surface area contributed by atoms with Crippen molar-refractivity contribution in [1.29, 1.82) is 0 Å². The van der Waals surface area contributed by atoms with E-state index in [9.17, 15) is 9.59 Å². The van der Waals surface area contributed by atoms with Gasteiger partial charge in [0.15, 0.2) is 0 Å². The van der Waals surface area contributed by atoms with E-state index in [0.717, 1.165) is 38.9 Å². The fourth-order valence-electron chi connectivity index (χ4n) is 8.01. The second-order valence-electron chi connectivity index (χ2n) is 13.6. The second kappa shape index (κ2) is 14.4. The third kappa shape index (κ3) is 6.05. The molecule has 1 aliphatic rings. The second-order valence-corrected chi connectivity index (χ2v) is 13.6. The Morgan fingerprint density at radius 2 is 1.20 bits per heavy atom. The van der Waals surface area contributed by atoms with Gasteiger partial charge in [-0.05, 0) is 51.1 Å². The van der Waals surface area contributed by atoms with Crippen LogP contribution in [0.3, 0.4) is 0 Å². The molecular formula is C46H36N6O3. The highest BCUT2D eigenvalue weighted by Gasteiger charge is 2.39. The van der Waals surface area contributed by atoms with Crippen LogP contribution in [-0.4, -0.2) is 49.2 Å². The van der Waals surface area contributed by atoms with Gasteiger partial charge in [-0.25, -0.2) is 9.78 Å². The molecule has 9 heteroatoms. The van der Waals surface area contributed by atoms with E-state index < -0.39 is 23.6 Å². The number of hydrogen-bond donors (Lipinski definition) is 1. The lowest BCUT2D eigenvalue weighted by atomic mass is 9.77. The molecular weight excluding hydrogens is 685 g/mol. The zero-order valence-corrected chi connectivity index (χ0v) is 29.8. The average molecular weight is 721 g/mol. The van der Waals surface area contributed by atoms with Crippen molar-refractivity contribution in [1.82, 2.24) is 29.9 Å². The molecule has 0 fully saturated rings. The van der Waals surface area contributed by atoms with Gasteiger partial charge in [-0.2, -0.15) is 4.68 Å². The first-order chi connectivity index (χ1) is 27.1. The summed E-state index contributed by atoms with van der Waals surface area (Å²) in [5.74, 6) is -0.596. The summed E-state index contributed by atoms with van der Waals surface area (Å²) >= 11 is 0. The van der Waals surface area contributed by atoms with E-state index in [2.05, 4.69) is 80.9 Å². The van der Waals surface area contributed by atoms with Gasteiger partial charge in [0.25, 0.3) is 5.91 Å². The molecule has 9 rings (SSSR count). The highest BCUT2D eigenvalue weighted by molar-refractivity contribution is 5.93. The van der Waals surface area contributed by atoms with E-state index in [1.54, 1.807) is 18.5 Å². The molecule has 1 N–H and O–H groups in total. The predicted octanol–water partition coefficient (Wildman–Crippen LogP) is 8.26. The third-order valence-electron chi connectivity index (χ3n) is 10.5. The number of rotatable bonds is 10. The number of hydrogen-bond acceptors (Lipinski definition) is 6. The Hall–Kier alpha value is -7.13. The number of benzene rings is 6. The van der Waals surface area contributed by atoms with Crippen LogP contribution in [0.4, 0.5) is 4.79 Å². The molecule has 268 valence electrons. The lowest BCUT2D eigenvalue weighted by Gasteiger charge is -2.37. The topological polar surface area (TPSA) is 104 Å². The van der Waals surface area contributed by atoms with Gasteiger partial charge in [0.05, 0.1) is 17.5 Å². The van der Waals surface area contributed by atoms with Crippen LogP contribution < -0.4 is 5.32 Å². The largest absolute Gasteiger partial charge is 0.449 e. The third-order valence-corrected chi connectivity index (χ3v) is 10.5. The maximum Gasteiger partial charge on any atom is 0.407 e. The van der Waals surface area contributed by atoms with E-state index in [1.807, 2.05) is 97.2 Å². The molecule has 0 aliphatic heterocycles. The molecule has 8 aromatic rings. The smallest absolute Gasteiger partial charge is 0.407 e. The van der Waals surface area contributed by atoms with Crippen molar-refractivity contribution >= 4 is 23.0 Å². The zero-order chi connectivity index (χ0) is 37.2. The number of nitrogens with one attached hydrogen (secondary N) is 1. The van der Waals surface area contributed by atoms with Gasteiger partial charge in [0.1, 0.15) is 23.7 Å². The summed E-state index contributed by atoms with van der Waals surface area (Å²) < 4.78 is 9.25. The summed E-state index contributed by atoms with van der Waals surface area (Å²) in [6.07, 6.45) is 3.10. The highest BCUT2D eigenvalue weighted by Crippen LogP contribution is 2.45. The normalized spacial score (nSPS) is 12.9. The summed E-state index contributed by atoms with van der Waals surface area (Å²) in [7, 11) is 0. The number of carbonyl (C=O) groups is 2. The maximum absolute atomic E-state index is 14.4. The number of para-hydroxylation sites is 1. The first-order valence-electron chi connectivity index (χ1n) is 18.3. The van der Waals surface area contributed by atoms with E-state index in [4.69, 9.17) is 9.72 Å². The van der Waals surface area contributed by atoms with Gasteiger partial charge in [0.2, 0.25) is 0 Å². The van der Waals surface area contributed by atoms with Crippen molar-refractivity contribution in [3.8, 4) is 11.1 Å². The lowest BCUT2D eigenvalue weighted by Crippen LogP contribution is -2.45. The Morgan fingerprint density at radius 3 is 1.80 bits per heavy atom. The summed E-state index contributed by atoms with van der Waals surface area (Å²) in [4.78, 5) is 33.0. The number of amides is 1. The van der Waals surface area contributed by atoms with Crippen molar-refractivity contribution < 1.29 is 14.3 Å². The Morgan fingerprint density at radius 1 is 0.673 bits per heavy atom. The molecule has 1 aliphatic carbocycles. The molecule has 0 bridgehead atoms. The molecule has 9 nitrogen and oxygen atoms in total. The summed E-state index contributed by atoms with van der Waals surface area (Å²) in [6, 6.07) is 53.3. The summed E-state index contributed by atoms with van der Waals surface area (Å²) in [5, 5.41) is 11.3. The quantitative estimate of drug-likeness (QED) is 0.143. The first kappa shape index (κ1) is 33.7. The van der Waals surface area contributed by atoms with Crippen LogP contribution in [-0.2, 0) is 16.7 Å².